The fraction of sp³-hybridized carbons (Fsp3) is 0.118. The maximum absolute atomic E-state index is 12.4. The Labute approximate surface area is 145 Å². The summed E-state index contributed by atoms with van der Waals surface area (Å²) >= 11 is 5.87. The molecule has 0 aliphatic heterocycles. The molecule has 5 nitrogen and oxygen atoms in total. The average molecular weight is 362 g/mol. The van der Waals surface area contributed by atoms with Crippen LogP contribution in [0.5, 0.6) is 0 Å². The van der Waals surface area contributed by atoms with E-state index >= 15 is 0 Å². The first kappa shape index (κ1) is 16.7. The number of aryl methyl sites for hydroxylation is 1. The molecule has 2 aromatic carbocycles. The fourth-order valence-corrected chi connectivity index (χ4v) is 3.83. The molecule has 24 heavy (non-hydrogen) atoms. The molecular weight excluding hydrogens is 346 g/mol. The fourth-order valence-electron chi connectivity index (χ4n) is 2.36. The molecular formula is C17H16ClN3O2S. The van der Waals surface area contributed by atoms with Gasteiger partial charge in [-0.25, -0.2) is 17.8 Å². The number of nitrogens with one attached hydrogen (secondary N) is 1. The lowest BCUT2D eigenvalue weighted by molar-refractivity contribution is 0.580. The molecule has 0 aliphatic rings. The van der Waals surface area contributed by atoms with Crippen LogP contribution in [0.15, 0.2) is 65.8 Å². The van der Waals surface area contributed by atoms with Crippen LogP contribution in [0, 0.1) is 6.92 Å². The van der Waals surface area contributed by atoms with Crippen molar-refractivity contribution in [3.05, 3.63) is 77.1 Å². The molecule has 0 atom stereocenters. The number of sulfonamides is 1. The molecule has 0 aliphatic carbocycles. The highest BCUT2D eigenvalue weighted by Gasteiger charge is 2.16. The first-order valence-corrected chi connectivity index (χ1v) is 9.16. The quantitative estimate of drug-likeness (QED) is 0.758. The summed E-state index contributed by atoms with van der Waals surface area (Å²) in [6.07, 6.45) is 3.55. The highest BCUT2D eigenvalue weighted by molar-refractivity contribution is 7.89. The third kappa shape index (κ3) is 3.67. The second kappa shape index (κ2) is 6.76. The zero-order valence-corrected chi connectivity index (χ0v) is 14.6. The second-order valence-corrected chi connectivity index (χ2v) is 7.52. The molecule has 3 rings (SSSR count). The minimum atomic E-state index is -3.59. The maximum Gasteiger partial charge on any atom is 0.241 e. The second-order valence-electron chi connectivity index (χ2n) is 5.35. The van der Waals surface area contributed by atoms with E-state index in [0.29, 0.717) is 10.6 Å². The van der Waals surface area contributed by atoms with Gasteiger partial charge < -0.3 is 0 Å². The molecule has 0 saturated heterocycles. The van der Waals surface area contributed by atoms with Crippen LogP contribution in [0.4, 0.5) is 0 Å². The van der Waals surface area contributed by atoms with Crippen LogP contribution < -0.4 is 4.72 Å². The van der Waals surface area contributed by atoms with Gasteiger partial charge in [-0.15, -0.1) is 0 Å². The van der Waals surface area contributed by atoms with Gasteiger partial charge >= 0.3 is 0 Å². The molecule has 0 amide bonds. The van der Waals surface area contributed by atoms with E-state index in [0.717, 1.165) is 11.3 Å². The molecule has 0 radical (unpaired) electrons. The van der Waals surface area contributed by atoms with Gasteiger partial charge in [0.25, 0.3) is 0 Å². The van der Waals surface area contributed by atoms with Crippen molar-refractivity contribution in [3.63, 3.8) is 0 Å². The van der Waals surface area contributed by atoms with Gasteiger partial charge in [0.05, 0.1) is 10.6 Å². The lowest BCUT2D eigenvalue weighted by Gasteiger charge is -2.10. The summed E-state index contributed by atoms with van der Waals surface area (Å²) in [6, 6.07) is 14.1. The van der Waals surface area contributed by atoms with Crippen LogP contribution in [-0.2, 0) is 16.6 Å². The highest BCUT2D eigenvalue weighted by Crippen LogP contribution is 2.20. The van der Waals surface area contributed by atoms with Gasteiger partial charge in [-0.2, -0.15) is 5.10 Å². The van der Waals surface area contributed by atoms with Gasteiger partial charge in [0.15, 0.2) is 0 Å². The smallest absolute Gasteiger partial charge is 0.241 e. The molecule has 0 spiro atoms. The molecule has 1 aromatic heterocycles. The normalized spacial score (nSPS) is 11.6. The van der Waals surface area contributed by atoms with Crippen molar-refractivity contribution in [2.75, 3.05) is 0 Å². The number of halogens is 1. The number of hydrogen-bond acceptors (Lipinski definition) is 3. The third-order valence-corrected chi connectivity index (χ3v) is 5.39. The Bertz CT molecular complexity index is 936. The molecule has 1 N–H and O–H groups in total. The number of hydrogen-bond donors (Lipinski definition) is 1. The minimum absolute atomic E-state index is 0.212. The Kier molecular flexibility index (Phi) is 4.71. The topological polar surface area (TPSA) is 64.0 Å². The van der Waals surface area contributed by atoms with Crippen molar-refractivity contribution in [2.24, 2.45) is 0 Å². The van der Waals surface area contributed by atoms with E-state index in [-0.39, 0.29) is 11.4 Å². The van der Waals surface area contributed by atoms with Crippen LogP contribution in [0.1, 0.15) is 11.1 Å². The zero-order valence-electron chi connectivity index (χ0n) is 13.0. The van der Waals surface area contributed by atoms with Crippen molar-refractivity contribution < 1.29 is 8.42 Å². The van der Waals surface area contributed by atoms with Gasteiger partial charge in [-0.05, 0) is 54.4 Å². The number of aromatic nitrogens is 2. The number of nitrogens with zero attached hydrogens (tertiary/aromatic N) is 2. The van der Waals surface area contributed by atoms with Crippen molar-refractivity contribution in [2.45, 2.75) is 18.4 Å². The van der Waals surface area contributed by atoms with E-state index in [1.54, 1.807) is 29.9 Å². The SMILES string of the molecule is Cc1cc(Cl)ccc1S(=O)(=O)NCc1ccc(-n2cccn2)cc1. The first-order chi connectivity index (χ1) is 11.5. The monoisotopic (exact) mass is 361 g/mol. The van der Waals surface area contributed by atoms with Gasteiger partial charge in [-0.3, -0.25) is 0 Å². The summed E-state index contributed by atoms with van der Waals surface area (Å²) in [5.74, 6) is 0. The molecule has 0 bridgehead atoms. The van der Waals surface area contributed by atoms with Crippen LogP contribution in [0.2, 0.25) is 5.02 Å². The number of benzene rings is 2. The predicted octanol–water partition coefficient (Wildman–Crippen LogP) is 3.31. The summed E-state index contributed by atoms with van der Waals surface area (Å²) in [5, 5.41) is 4.67. The van der Waals surface area contributed by atoms with Crippen molar-refractivity contribution >= 4 is 21.6 Å². The van der Waals surface area contributed by atoms with E-state index in [4.69, 9.17) is 11.6 Å². The highest BCUT2D eigenvalue weighted by atomic mass is 35.5. The van der Waals surface area contributed by atoms with Gasteiger partial charge in [0.1, 0.15) is 0 Å². The van der Waals surface area contributed by atoms with Crippen molar-refractivity contribution in [1.82, 2.24) is 14.5 Å². The average Bonchev–Trinajstić information content (AvgIpc) is 3.07. The Morgan fingerprint density at radius 1 is 1.17 bits per heavy atom. The predicted molar refractivity (Wildman–Crippen MR) is 93.8 cm³/mol. The molecule has 0 saturated carbocycles. The molecule has 124 valence electrons. The zero-order chi connectivity index (χ0) is 17.2. The van der Waals surface area contributed by atoms with Crippen molar-refractivity contribution in [1.29, 1.82) is 0 Å². The third-order valence-electron chi connectivity index (χ3n) is 3.60. The molecule has 0 fully saturated rings. The lowest BCUT2D eigenvalue weighted by Crippen LogP contribution is -2.24. The van der Waals surface area contributed by atoms with Crippen molar-refractivity contribution in [3.8, 4) is 5.69 Å². The van der Waals surface area contributed by atoms with E-state index in [2.05, 4.69) is 9.82 Å². The summed E-state index contributed by atoms with van der Waals surface area (Å²) < 4.78 is 29.2. The van der Waals surface area contributed by atoms with Gasteiger partial charge in [-0.1, -0.05) is 23.7 Å². The summed E-state index contributed by atoms with van der Waals surface area (Å²) in [6.45, 7) is 1.93. The summed E-state index contributed by atoms with van der Waals surface area (Å²) in [5.41, 5.74) is 2.39. The Balaban J connectivity index is 1.73. The van der Waals surface area contributed by atoms with Gasteiger partial charge in [0.2, 0.25) is 10.0 Å². The lowest BCUT2D eigenvalue weighted by atomic mass is 10.2. The summed E-state index contributed by atoms with van der Waals surface area (Å²) in [4.78, 5) is 0.236. The van der Waals surface area contributed by atoms with Gasteiger partial charge in [0, 0.05) is 24.0 Å². The van der Waals surface area contributed by atoms with Crippen LogP contribution in [0.3, 0.4) is 0 Å². The standard InChI is InChI=1S/C17H16ClN3O2S/c1-13-11-15(18)5-8-17(13)24(22,23)20-12-14-3-6-16(7-4-14)21-10-2-9-19-21/h2-11,20H,12H2,1H3. The van der Waals surface area contributed by atoms with E-state index < -0.39 is 10.0 Å². The van der Waals surface area contributed by atoms with Crippen LogP contribution in [0.25, 0.3) is 5.69 Å². The molecule has 1 heterocycles. The van der Waals surface area contributed by atoms with E-state index in [1.165, 1.54) is 6.07 Å². The van der Waals surface area contributed by atoms with Crippen LogP contribution >= 0.6 is 11.6 Å². The Morgan fingerprint density at radius 2 is 1.92 bits per heavy atom. The minimum Gasteiger partial charge on any atom is -0.241 e. The molecule has 7 heteroatoms. The first-order valence-electron chi connectivity index (χ1n) is 7.30. The Morgan fingerprint density at radius 3 is 2.54 bits per heavy atom. The van der Waals surface area contributed by atoms with E-state index in [1.807, 2.05) is 36.5 Å². The molecule has 3 aromatic rings. The largest absolute Gasteiger partial charge is 0.241 e. The maximum atomic E-state index is 12.4. The van der Waals surface area contributed by atoms with Crippen LogP contribution in [-0.4, -0.2) is 18.2 Å². The molecule has 0 unspecified atom stereocenters. The summed E-state index contributed by atoms with van der Waals surface area (Å²) in [7, 11) is -3.59. The number of rotatable bonds is 5. The van der Waals surface area contributed by atoms with E-state index in [9.17, 15) is 8.42 Å². The Hall–Kier alpha value is -2.15.